The third-order valence-corrected chi connectivity index (χ3v) is 8.29. The molecule has 0 spiro atoms. The van der Waals surface area contributed by atoms with Gasteiger partial charge in [0.05, 0.1) is 18.1 Å². The zero-order valence-electron chi connectivity index (χ0n) is 17.8. The number of imide groups is 1. The van der Waals surface area contributed by atoms with E-state index < -0.39 is 0 Å². The largest absolute Gasteiger partial charge is 0.342 e. The molecule has 0 radical (unpaired) electrons. The van der Waals surface area contributed by atoms with Crippen LogP contribution < -0.4 is 0 Å². The summed E-state index contributed by atoms with van der Waals surface area (Å²) in [5.41, 5.74) is 3.10. The van der Waals surface area contributed by atoms with Gasteiger partial charge in [-0.05, 0) is 53.9 Å². The lowest BCUT2D eigenvalue weighted by Crippen LogP contribution is -2.40. The van der Waals surface area contributed by atoms with Crippen LogP contribution in [0.5, 0.6) is 0 Å². The highest BCUT2D eigenvalue weighted by Gasteiger charge is 2.67. The fourth-order valence-electron chi connectivity index (χ4n) is 6.47. The van der Waals surface area contributed by atoms with Crippen LogP contribution in [0, 0.1) is 35.5 Å². The SMILES string of the molecule is O=C1[C@@H]2[C@H]3C=C[C@@H]([C@@H]4C[C@H]34)[C@H]2C(=O)N1/N=C\c1cn(Cc2ccc(Cl)cc2)c2ccccc12. The monoisotopic (exact) mass is 455 g/mol. The van der Waals surface area contributed by atoms with Gasteiger partial charge >= 0.3 is 0 Å². The standard InChI is InChI=1S/C27H22ClN3O2/c28-17-7-5-15(6-8-17)13-30-14-16(18-3-1-2-4-23(18)30)12-29-31-26(32)24-19-9-10-20(22-11-21(19)22)25(24)27(31)33/h1-10,12,14,19-22,24-25H,11,13H2/b29-12-/t19-,20-,21-,22+,24+,25+/m0/s1. The summed E-state index contributed by atoms with van der Waals surface area (Å²) in [6.45, 7) is 0.690. The number of carbonyl (C=O) groups is 2. The Morgan fingerprint density at radius 2 is 1.61 bits per heavy atom. The topological polar surface area (TPSA) is 54.7 Å². The van der Waals surface area contributed by atoms with Gasteiger partial charge in [-0.3, -0.25) is 9.59 Å². The van der Waals surface area contributed by atoms with Crippen molar-refractivity contribution in [3.63, 3.8) is 0 Å². The molecule has 0 N–H and O–H groups in total. The maximum Gasteiger partial charge on any atom is 0.254 e. The van der Waals surface area contributed by atoms with Crippen molar-refractivity contribution < 1.29 is 9.59 Å². The van der Waals surface area contributed by atoms with Crippen molar-refractivity contribution in [3.8, 4) is 0 Å². The first kappa shape index (κ1) is 19.3. The Bertz CT molecular complexity index is 1340. The van der Waals surface area contributed by atoms with Crippen LogP contribution in [-0.2, 0) is 16.1 Å². The molecule has 164 valence electrons. The summed E-state index contributed by atoms with van der Waals surface area (Å²) in [5.74, 6) is 0.900. The molecular weight excluding hydrogens is 434 g/mol. The van der Waals surface area contributed by atoms with Crippen molar-refractivity contribution in [2.45, 2.75) is 13.0 Å². The molecule has 6 heteroatoms. The lowest BCUT2D eigenvalue weighted by Gasteiger charge is -2.37. The van der Waals surface area contributed by atoms with Gasteiger partial charge in [-0.1, -0.05) is 54.1 Å². The predicted octanol–water partition coefficient (Wildman–Crippen LogP) is 4.73. The van der Waals surface area contributed by atoms with Crippen LogP contribution in [0.15, 0.2) is 72.0 Å². The molecule has 4 aliphatic carbocycles. The average molecular weight is 456 g/mol. The molecule has 2 bridgehead atoms. The van der Waals surface area contributed by atoms with E-state index in [-0.39, 0.29) is 35.5 Å². The quantitative estimate of drug-likeness (QED) is 0.324. The fraction of sp³-hybridized carbons (Fsp3) is 0.296. The van der Waals surface area contributed by atoms with E-state index in [9.17, 15) is 9.59 Å². The fourth-order valence-corrected chi connectivity index (χ4v) is 6.60. The van der Waals surface area contributed by atoms with Gasteiger partial charge in [-0.2, -0.15) is 10.1 Å². The van der Waals surface area contributed by atoms with Crippen molar-refractivity contribution in [2.24, 2.45) is 40.6 Å². The number of hydrogen-bond donors (Lipinski definition) is 0. The van der Waals surface area contributed by atoms with E-state index >= 15 is 0 Å². The number of carbonyl (C=O) groups excluding carboxylic acids is 2. The molecular formula is C27H22ClN3O2. The summed E-state index contributed by atoms with van der Waals surface area (Å²) < 4.78 is 2.16. The minimum atomic E-state index is -0.223. The molecule has 1 saturated heterocycles. The third-order valence-electron chi connectivity index (χ3n) is 8.04. The van der Waals surface area contributed by atoms with Crippen LogP contribution in [0.3, 0.4) is 0 Å². The summed E-state index contributed by atoms with van der Waals surface area (Å²) in [7, 11) is 0. The smallest absolute Gasteiger partial charge is 0.254 e. The van der Waals surface area contributed by atoms with E-state index in [1.807, 2.05) is 48.7 Å². The number of benzene rings is 2. The van der Waals surface area contributed by atoms with E-state index in [1.165, 1.54) is 0 Å². The zero-order valence-corrected chi connectivity index (χ0v) is 18.6. The maximum absolute atomic E-state index is 13.2. The van der Waals surface area contributed by atoms with Gasteiger partial charge < -0.3 is 4.57 Å². The summed E-state index contributed by atoms with van der Waals surface area (Å²) in [6.07, 6.45) is 9.23. The summed E-state index contributed by atoms with van der Waals surface area (Å²) in [6, 6.07) is 15.9. The Hall–Kier alpha value is -3.18. The minimum absolute atomic E-state index is 0.129. The number of halogens is 1. The van der Waals surface area contributed by atoms with Crippen LogP contribution in [-0.4, -0.2) is 27.6 Å². The van der Waals surface area contributed by atoms with Crippen LogP contribution in [0.4, 0.5) is 0 Å². The molecule has 2 aromatic carbocycles. The summed E-state index contributed by atoms with van der Waals surface area (Å²) in [4.78, 5) is 26.4. The molecule has 6 atom stereocenters. The van der Waals surface area contributed by atoms with Crippen LogP contribution in [0.25, 0.3) is 10.9 Å². The number of amides is 2. The molecule has 33 heavy (non-hydrogen) atoms. The minimum Gasteiger partial charge on any atom is -0.342 e. The first-order chi connectivity index (χ1) is 16.1. The molecule has 3 aromatic rings. The lowest BCUT2D eigenvalue weighted by atomic mass is 9.63. The first-order valence-corrected chi connectivity index (χ1v) is 11.9. The van der Waals surface area contributed by atoms with E-state index in [0.29, 0.717) is 23.4 Å². The van der Waals surface area contributed by atoms with Crippen molar-refractivity contribution >= 4 is 40.5 Å². The Morgan fingerprint density at radius 3 is 2.30 bits per heavy atom. The van der Waals surface area contributed by atoms with Crippen molar-refractivity contribution in [1.82, 2.24) is 9.58 Å². The Balaban J connectivity index is 1.20. The first-order valence-electron chi connectivity index (χ1n) is 11.5. The number of allylic oxidation sites excluding steroid dienone is 2. The number of fused-ring (bicyclic) bond motifs is 1. The molecule has 3 fully saturated rings. The maximum atomic E-state index is 13.2. The molecule has 5 aliphatic rings. The van der Waals surface area contributed by atoms with Gasteiger partial charge in [0.25, 0.3) is 11.8 Å². The predicted molar refractivity (Wildman–Crippen MR) is 127 cm³/mol. The second-order valence-corrected chi connectivity index (χ2v) is 10.2. The second kappa shape index (κ2) is 6.91. The van der Waals surface area contributed by atoms with E-state index in [1.54, 1.807) is 6.21 Å². The van der Waals surface area contributed by atoms with Crippen molar-refractivity contribution in [3.05, 3.63) is 83.0 Å². The zero-order chi connectivity index (χ0) is 22.3. The highest BCUT2D eigenvalue weighted by molar-refractivity contribution is 6.30. The number of para-hydroxylation sites is 1. The number of hydrogen-bond acceptors (Lipinski definition) is 3. The molecule has 2 heterocycles. The number of aromatic nitrogens is 1. The molecule has 1 aromatic heterocycles. The van der Waals surface area contributed by atoms with Crippen LogP contribution >= 0.6 is 11.6 Å². The van der Waals surface area contributed by atoms with E-state index in [4.69, 9.17) is 11.6 Å². The summed E-state index contributed by atoms with van der Waals surface area (Å²) >= 11 is 6.03. The van der Waals surface area contributed by atoms with Crippen molar-refractivity contribution in [2.75, 3.05) is 0 Å². The molecule has 2 amide bonds. The van der Waals surface area contributed by atoms with Gasteiger partial charge in [-0.25, -0.2) is 0 Å². The van der Waals surface area contributed by atoms with Crippen LogP contribution in [0.1, 0.15) is 17.5 Å². The number of rotatable bonds is 4. The van der Waals surface area contributed by atoms with Gasteiger partial charge in [0.15, 0.2) is 0 Å². The second-order valence-electron chi connectivity index (χ2n) is 9.74. The Labute approximate surface area is 196 Å². The summed E-state index contributed by atoms with van der Waals surface area (Å²) in [5, 5.41) is 7.35. The molecule has 0 unspecified atom stereocenters. The Kier molecular flexibility index (Phi) is 4.04. The highest BCUT2D eigenvalue weighted by Crippen LogP contribution is 2.65. The number of nitrogens with zero attached hydrogens (tertiary/aromatic N) is 3. The van der Waals surface area contributed by atoms with E-state index in [2.05, 4.69) is 27.9 Å². The molecule has 5 nitrogen and oxygen atoms in total. The van der Waals surface area contributed by atoms with Crippen molar-refractivity contribution in [1.29, 1.82) is 0 Å². The molecule has 2 saturated carbocycles. The van der Waals surface area contributed by atoms with Gasteiger partial charge in [0, 0.05) is 34.2 Å². The van der Waals surface area contributed by atoms with Gasteiger partial charge in [0.2, 0.25) is 0 Å². The van der Waals surface area contributed by atoms with Gasteiger partial charge in [-0.15, -0.1) is 0 Å². The molecule has 8 rings (SSSR count). The van der Waals surface area contributed by atoms with Gasteiger partial charge in [0.1, 0.15) is 0 Å². The average Bonchev–Trinajstić information content (AvgIpc) is 3.54. The highest BCUT2D eigenvalue weighted by atomic mass is 35.5. The normalized spacial score (nSPS) is 31.6. The number of hydrazone groups is 1. The van der Waals surface area contributed by atoms with Crippen LogP contribution in [0.2, 0.25) is 5.02 Å². The van der Waals surface area contributed by atoms with E-state index in [0.717, 1.165) is 33.5 Å². The third kappa shape index (κ3) is 2.81. The Morgan fingerprint density at radius 1 is 0.939 bits per heavy atom. The molecule has 1 aliphatic heterocycles. The lowest BCUT2D eigenvalue weighted by molar-refractivity contribution is -0.140.